The monoisotopic (exact) mass is 353 g/mol. The molecule has 0 fully saturated rings. The molecule has 1 aromatic carbocycles. The second-order valence-electron chi connectivity index (χ2n) is 4.16. The molecule has 0 unspecified atom stereocenters. The van der Waals surface area contributed by atoms with Crippen LogP contribution in [0.15, 0.2) is 36.4 Å². The van der Waals surface area contributed by atoms with Crippen molar-refractivity contribution in [2.45, 2.75) is 6.61 Å². The second-order valence-corrected chi connectivity index (χ2v) is 4.72. The number of carbonyl (C=O) groups is 1. The summed E-state index contributed by atoms with van der Waals surface area (Å²) in [6.07, 6.45) is 0. The highest BCUT2D eigenvalue weighted by Crippen LogP contribution is 2.29. The highest BCUT2D eigenvalue weighted by atomic mass is 79.9. The van der Waals surface area contributed by atoms with Crippen molar-refractivity contribution in [3.05, 3.63) is 53.6 Å². The van der Waals surface area contributed by atoms with Gasteiger partial charge in [-0.15, -0.1) is 0 Å². The van der Waals surface area contributed by atoms with Gasteiger partial charge in [0.15, 0.2) is 17.3 Å². The number of benzene rings is 1. The number of alkyl halides is 1. The molecule has 1 aromatic heterocycles. The van der Waals surface area contributed by atoms with Gasteiger partial charge < -0.3 is 9.47 Å². The maximum atomic E-state index is 13.0. The van der Waals surface area contributed by atoms with E-state index in [0.29, 0.717) is 22.8 Å². The molecule has 110 valence electrons. The molecule has 0 aliphatic carbocycles. The summed E-state index contributed by atoms with van der Waals surface area (Å²) in [5, 5.41) is 0.240. The van der Waals surface area contributed by atoms with Gasteiger partial charge in [-0.1, -0.05) is 22.0 Å². The van der Waals surface area contributed by atoms with Crippen LogP contribution in [0.5, 0.6) is 11.5 Å². The molecule has 21 heavy (non-hydrogen) atoms. The first-order valence-corrected chi connectivity index (χ1v) is 7.27. The molecule has 1 heterocycles. The van der Waals surface area contributed by atoms with Crippen molar-refractivity contribution in [2.75, 3.05) is 12.4 Å². The maximum Gasteiger partial charge on any atom is 0.213 e. The number of nitrogens with zero attached hydrogens (tertiary/aromatic N) is 1. The normalized spacial score (nSPS) is 10.2. The molecule has 0 radical (unpaired) electrons. The number of pyridine rings is 1. The van der Waals surface area contributed by atoms with Gasteiger partial charge in [-0.05, 0) is 30.3 Å². The lowest BCUT2D eigenvalue weighted by Crippen LogP contribution is -2.03. The number of rotatable bonds is 6. The summed E-state index contributed by atoms with van der Waals surface area (Å²) in [6.45, 7) is 0.111. The van der Waals surface area contributed by atoms with Crippen LogP contribution in [-0.4, -0.2) is 23.2 Å². The average Bonchev–Trinajstić information content (AvgIpc) is 2.52. The number of carbonyl (C=O) groups excluding carboxylic acids is 1. The minimum absolute atomic E-state index is 0.0494. The van der Waals surface area contributed by atoms with Crippen LogP contribution < -0.4 is 9.47 Å². The van der Waals surface area contributed by atoms with Crippen LogP contribution in [0.25, 0.3) is 0 Å². The van der Waals surface area contributed by atoms with Gasteiger partial charge >= 0.3 is 0 Å². The molecular weight excluding hydrogens is 341 g/mol. The van der Waals surface area contributed by atoms with E-state index in [1.54, 1.807) is 30.3 Å². The zero-order chi connectivity index (χ0) is 15.2. The Hall–Kier alpha value is -1.95. The Bertz CT molecular complexity index is 649. The smallest absolute Gasteiger partial charge is 0.213 e. The van der Waals surface area contributed by atoms with Crippen LogP contribution in [0.1, 0.15) is 16.1 Å². The van der Waals surface area contributed by atoms with Gasteiger partial charge in [0.1, 0.15) is 6.61 Å². The summed E-state index contributed by atoms with van der Waals surface area (Å²) in [5.74, 6) is 0.306. The first-order valence-electron chi connectivity index (χ1n) is 6.15. The standard InChI is InChI=1S/C15H13BrFNO3/c1-20-14-7-10(12(19)8-16)5-6-13(14)21-9-11-3-2-4-15(17)18-11/h2-7H,8-9H2,1H3. The van der Waals surface area contributed by atoms with E-state index in [-0.39, 0.29) is 17.7 Å². The van der Waals surface area contributed by atoms with Crippen LogP contribution in [0.3, 0.4) is 0 Å². The highest BCUT2D eigenvalue weighted by molar-refractivity contribution is 9.09. The minimum Gasteiger partial charge on any atom is -0.493 e. The first-order chi connectivity index (χ1) is 10.1. The van der Waals surface area contributed by atoms with E-state index in [2.05, 4.69) is 20.9 Å². The Morgan fingerprint density at radius 3 is 2.76 bits per heavy atom. The van der Waals surface area contributed by atoms with Crippen LogP contribution in [0.2, 0.25) is 0 Å². The number of Topliss-reactive ketones (excluding diaryl/α,β-unsaturated/α-hetero) is 1. The fraction of sp³-hybridized carbons (Fsp3) is 0.200. The van der Waals surface area contributed by atoms with Crippen molar-refractivity contribution in [1.29, 1.82) is 0 Å². The zero-order valence-corrected chi connectivity index (χ0v) is 12.9. The molecule has 2 rings (SSSR count). The number of hydrogen-bond acceptors (Lipinski definition) is 4. The van der Waals surface area contributed by atoms with Crippen molar-refractivity contribution >= 4 is 21.7 Å². The summed E-state index contributed by atoms with van der Waals surface area (Å²) in [6, 6.07) is 9.41. The zero-order valence-electron chi connectivity index (χ0n) is 11.3. The topological polar surface area (TPSA) is 48.4 Å². The number of hydrogen-bond donors (Lipinski definition) is 0. The molecule has 0 amide bonds. The third-order valence-corrected chi connectivity index (χ3v) is 3.26. The highest BCUT2D eigenvalue weighted by Gasteiger charge is 2.10. The summed E-state index contributed by atoms with van der Waals surface area (Å²) >= 11 is 3.12. The molecule has 0 N–H and O–H groups in total. The molecule has 0 saturated heterocycles. The number of aromatic nitrogens is 1. The van der Waals surface area contributed by atoms with Crippen molar-refractivity contribution in [1.82, 2.24) is 4.98 Å². The van der Waals surface area contributed by atoms with Crippen LogP contribution >= 0.6 is 15.9 Å². The number of ether oxygens (including phenoxy) is 2. The SMILES string of the molecule is COc1cc(C(=O)CBr)ccc1OCc1cccc(F)n1. The molecule has 6 heteroatoms. The van der Waals surface area contributed by atoms with E-state index >= 15 is 0 Å². The molecule has 0 saturated carbocycles. The largest absolute Gasteiger partial charge is 0.493 e. The molecule has 0 spiro atoms. The predicted octanol–water partition coefficient (Wildman–Crippen LogP) is 3.39. The number of methoxy groups -OCH3 is 1. The van der Waals surface area contributed by atoms with Gasteiger partial charge in [0.05, 0.1) is 18.1 Å². The molecule has 0 aliphatic heterocycles. The summed E-state index contributed by atoms with van der Waals surface area (Å²) in [5.41, 5.74) is 0.998. The van der Waals surface area contributed by atoms with Gasteiger partial charge in [-0.25, -0.2) is 4.98 Å². The van der Waals surface area contributed by atoms with Crippen molar-refractivity contribution in [2.24, 2.45) is 0 Å². The lowest BCUT2D eigenvalue weighted by molar-refractivity contribution is 0.102. The van der Waals surface area contributed by atoms with Gasteiger partial charge in [0.25, 0.3) is 0 Å². The van der Waals surface area contributed by atoms with E-state index in [1.807, 2.05) is 0 Å². The molecule has 2 aromatic rings. The number of ketones is 1. The van der Waals surface area contributed by atoms with Gasteiger partial charge in [-0.3, -0.25) is 4.79 Å². The average molecular weight is 354 g/mol. The van der Waals surface area contributed by atoms with Crippen molar-refractivity contribution in [3.8, 4) is 11.5 Å². The van der Waals surface area contributed by atoms with Crippen LogP contribution in [-0.2, 0) is 6.61 Å². The van der Waals surface area contributed by atoms with E-state index in [4.69, 9.17) is 9.47 Å². The first kappa shape index (κ1) is 15.4. The quantitative estimate of drug-likeness (QED) is 0.453. The molecule has 0 atom stereocenters. The van der Waals surface area contributed by atoms with E-state index < -0.39 is 5.95 Å². The fourth-order valence-corrected chi connectivity index (χ4v) is 2.04. The second kappa shape index (κ2) is 7.17. The van der Waals surface area contributed by atoms with Crippen LogP contribution in [0.4, 0.5) is 4.39 Å². The Morgan fingerprint density at radius 1 is 1.29 bits per heavy atom. The molecule has 0 bridgehead atoms. The van der Waals surface area contributed by atoms with Gasteiger partial charge in [0.2, 0.25) is 5.95 Å². The van der Waals surface area contributed by atoms with E-state index in [0.717, 1.165) is 0 Å². The summed E-state index contributed by atoms with van der Waals surface area (Å²) in [4.78, 5) is 15.3. The third kappa shape index (κ3) is 4.01. The molecule has 4 nitrogen and oxygen atoms in total. The summed E-state index contributed by atoms with van der Waals surface area (Å²) < 4.78 is 23.8. The Morgan fingerprint density at radius 2 is 2.10 bits per heavy atom. The van der Waals surface area contributed by atoms with E-state index in [1.165, 1.54) is 13.2 Å². The van der Waals surface area contributed by atoms with Gasteiger partial charge in [0, 0.05) is 5.56 Å². The Labute approximate surface area is 130 Å². The lowest BCUT2D eigenvalue weighted by atomic mass is 10.1. The fourth-order valence-electron chi connectivity index (χ4n) is 1.72. The van der Waals surface area contributed by atoms with Crippen molar-refractivity contribution < 1.29 is 18.7 Å². The van der Waals surface area contributed by atoms with Crippen LogP contribution in [0, 0.1) is 5.95 Å². The third-order valence-electron chi connectivity index (χ3n) is 2.76. The summed E-state index contributed by atoms with van der Waals surface area (Å²) in [7, 11) is 1.49. The molecular formula is C15H13BrFNO3. The number of halogens is 2. The molecule has 0 aliphatic rings. The predicted molar refractivity (Wildman–Crippen MR) is 79.6 cm³/mol. The van der Waals surface area contributed by atoms with Gasteiger partial charge in [-0.2, -0.15) is 4.39 Å². The van der Waals surface area contributed by atoms with E-state index in [9.17, 15) is 9.18 Å². The minimum atomic E-state index is -0.554. The van der Waals surface area contributed by atoms with Crippen molar-refractivity contribution in [3.63, 3.8) is 0 Å². The lowest BCUT2D eigenvalue weighted by Gasteiger charge is -2.11. The Balaban J connectivity index is 2.14. The maximum absolute atomic E-state index is 13.0. The Kier molecular flexibility index (Phi) is 5.27.